The van der Waals surface area contributed by atoms with Crippen LogP contribution in [0.3, 0.4) is 0 Å². The van der Waals surface area contributed by atoms with Crippen molar-refractivity contribution in [3.8, 4) is 5.75 Å². The standard InChI is InChI=1S/C21H21N3O4/c1-13-23-18-10-16(5-8-19(18)28-13)24-12-15(9-20(24)25)21(26)22-11-14-3-6-17(27-2)7-4-14/h3-8,10,15H,9,11-12H2,1-2H3,(H,22,26)/t15-/m0/s1. The minimum Gasteiger partial charge on any atom is -0.497 e. The smallest absolute Gasteiger partial charge is 0.227 e. The van der Waals surface area contributed by atoms with Crippen molar-refractivity contribution in [2.45, 2.75) is 19.9 Å². The molecular formula is C21H21N3O4. The Morgan fingerprint density at radius 2 is 2.07 bits per heavy atom. The number of oxazole rings is 1. The third-order valence-electron chi connectivity index (χ3n) is 4.91. The van der Waals surface area contributed by atoms with Crippen LogP contribution in [0.25, 0.3) is 11.1 Å². The van der Waals surface area contributed by atoms with Crippen molar-refractivity contribution in [2.75, 3.05) is 18.6 Å². The Hall–Kier alpha value is -3.35. The summed E-state index contributed by atoms with van der Waals surface area (Å²) in [5.41, 5.74) is 3.09. The number of hydrogen-bond acceptors (Lipinski definition) is 5. The molecule has 0 bridgehead atoms. The van der Waals surface area contributed by atoms with Gasteiger partial charge in [-0.1, -0.05) is 12.1 Å². The van der Waals surface area contributed by atoms with Crippen LogP contribution in [0.1, 0.15) is 17.9 Å². The molecule has 7 nitrogen and oxygen atoms in total. The second kappa shape index (κ2) is 7.34. The molecule has 3 aromatic rings. The van der Waals surface area contributed by atoms with Gasteiger partial charge < -0.3 is 19.4 Å². The van der Waals surface area contributed by atoms with Gasteiger partial charge in [-0.05, 0) is 35.9 Å². The highest BCUT2D eigenvalue weighted by atomic mass is 16.5. The highest BCUT2D eigenvalue weighted by Gasteiger charge is 2.35. The van der Waals surface area contributed by atoms with Crippen LogP contribution in [-0.2, 0) is 16.1 Å². The molecule has 1 atom stereocenters. The van der Waals surface area contributed by atoms with Crippen LogP contribution in [0, 0.1) is 12.8 Å². The van der Waals surface area contributed by atoms with Crippen LogP contribution < -0.4 is 15.0 Å². The van der Waals surface area contributed by atoms with Gasteiger partial charge >= 0.3 is 0 Å². The Morgan fingerprint density at radius 1 is 1.29 bits per heavy atom. The van der Waals surface area contributed by atoms with E-state index in [0.29, 0.717) is 30.1 Å². The SMILES string of the molecule is COc1ccc(CNC(=O)[C@H]2CC(=O)N(c3ccc4oc(C)nc4c3)C2)cc1. The van der Waals surface area contributed by atoms with Crippen LogP contribution in [-0.4, -0.2) is 30.5 Å². The molecule has 4 rings (SSSR count). The first kappa shape index (κ1) is 18.0. The van der Waals surface area contributed by atoms with Gasteiger partial charge in [-0.2, -0.15) is 0 Å². The summed E-state index contributed by atoms with van der Waals surface area (Å²) in [4.78, 5) is 30.9. The van der Waals surface area contributed by atoms with E-state index in [-0.39, 0.29) is 24.2 Å². The number of nitrogens with one attached hydrogen (secondary N) is 1. The molecule has 144 valence electrons. The van der Waals surface area contributed by atoms with Crippen LogP contribution >= 0.6 is 0 Å². The first-order valence-electron chi connectivity index (χ1n) is 9.11. The van der Waals surface area contributed by atoms with E-state index in [1.807, 2.05) is 36.4 Å². The molecule has 1 aliphatic rings. The monoisotopic (exact) mass is 379 g/mol. The van der Waals surface area contributed by atoms with E-state index < -0.39 is 0 Å². The topological polar surface area (TPSA) is 84.7 Å². The molecule has 0 saturated carbocycles. The quantitative estimate of drug-likeness (QED) is 0.737. The lowest BCUT2D eigenvalue weighted by Gasteiger charge is -2.16. The molecule has 2 amide bonds. The molecule has 2 aromatic carbocycles. The molecule has 2 heterocycles. The maximum absolute atomic E-state index is 12.5. The van der Waals surface area contributed by atoms with Gasteiger partial charge in [0.25, 0.3) is 0 Å². The van der Waals surface area contributed by atoms with E-state index in [1.54, 1.807) is 25.0 Å². The van der Waals surface area contributed by atoms with E-state index in [4.69, 9.17) is 9.15 Å². The zero-order valence-electron chi connectivity index (χ0n) is 15.8. The Bertz CT molecular complexity index is 1030. The fourth-order valence-corrected chi connectivity index (χ4v) is 3.41. The average molecular weight is 379 g/mol. The summed E-state index contributed by atoms with van der Waals surface area (Å²) in [5.74, 6) is 0.789. The van der Waals surface area contributed by atoms with Gasteiger partial charge in [-0.25, -0.2) is 4.98 Å². The first-order valence-corrected chi connectivity index (χ1v) is 9.11. The normalized spacial score (nSPS) is 16.6. The first-order chi connectivity index (χ1) is 13.5. The predicted molar refractivity (Wildman–Crippen MR) is 104 cm³/mol. The third-order valence-corrected chi connectivity index (χ3v) is 4.91. The molecule has 7 heteroatoms. The van der Waals surface area contributed by atoms with Crippen molar-refractivity contribution in [2.24, 2.45) is 5.92 Å². The van der Waals surface area contributed by atoms with Gasteiger partial charge in [0.1, 0.15) is 11.3 Å². The maximum atomic E-state index is 12.5. The predicted octanol–water partition coefficient (Wildman–Crippen LogP) is 2.81. The lowest BCUT2D eigenvalue weighted by molar-refractivity contribution is -0.126. The molecule has 0 unspecified atom stereocenters. The zero-order chi connectivity index (χ0) is 19.7. The number of rotatable bonds is 5. The summed E-state index contributed by atoms with van der Waals surface area (Å²) >= 11 is 0. The van der Waals surface area contributed by atoms with Crippen molar-refractivity contribution in [1.82, 2.24) is 10.3 Å². The Morgan fingerprint density at radius 3 is 2.82 bits per heavy atom. The molecule has 0 aliphatic carbocycles. The van der Waals surface area contributed by atoms with E-state index in [1.165, 1.54) is 0 Å². The number of amides is 2. The van der Waals surface area contributed by atoms with E-state index in [2.05, 4.69) is 10.3 Å². The Kier molecular flexibility index (Phi) is 4.73. The molecule has 0 radical (unpaired) electrons. The number of hydrogen-bond donors (Lipinski definition) is 1. The minimum atomic E-state index is -0.375. The number of carbonyl (C=O) groups excluding carboxylic acids is 2. The van der Waals surface area contributed by atoms with Crippen molar-refractivity contribution < 1.29 is 18.7 Å². The van der Waals surface area contributed by atoms with Gasteiger partial charge in [0, 0.05) is 32.1 Å². The lowest BCUT2D eigenvalue weighted by Crippen LogP contribution is -2.32. The van der Waals surface area contributed by atoms with Crippen LogP contribution in [0.2, 0.25) is 0 Å². The molecule has 1 saturated heterocycles. The van der Waals surface area contributed by atoms with Gasteiger partial charge in [0.05, 0.1) is 13.0 Å². The fraction of sp³-hybridized carbons (Fsp3) is 0.286. The largest absolute Gasteiger partial charge is 0.497 e. The third kappa shape index (κ3) is 3.55. The number of benzene rings is 2. The highest BCUT2D eigenvalue weighted by Crippen LogP contribution is 2.28. The summed E-state index contributed by atoms with van der Waals surface area (Å²) in [6.07, 6.45) is 0.199. The van der Waals surface area contributed by atoms with Gasteiger partial charge in [-0.3, -0.25) is 9.59 Å². The maximum Gasteiger partial charge on any atom is 0.227 e. The van der Waals surface area contributed by atoms with Crippen molar-refractivity contribution in [1.29, 1.82) is 0 Å². The van der Waals surface area contributed by atoms with E-state index in [0.717, 1.165) is 17.0 Å². The molecule has 1 aliphatic heterocycles. The summed E-state index contributed by atoms with van der Waals surface area (Å²) in [5, 5.41) is 2.92. The molecule has 1 N–H and O–H groups in total. The number of nitrogens with zero attached hydrogens (tertiary/aromatic N) is 2. The summed E-state index contributed by atoms with van der Waals surface area (Å²) < 4.78 is 10.6. The molecule has 28 heavy (non-hydrogen) atoms. The van der Waals surface area contributed by atoms with Gasteiger partial charge in [-0.15, -0.1) is 0 Å². The second-order valence-electron chi connectivity index (χ2n) is 6.86. The van der Waals surface area contributed by atoms with E-state index >= 15 is 0 Å². The molecule has 1 fully saturated rings. The molecule has 0 spiro atoms. The number of fused-ring (bicyclic) bond motifs is 1. The highest BCUT2D eigenvalue weighted by molar-refractivity contribution is 6.01. The van der Waals surface area contributed by atoms with Crippen molar-refractivity contribution >= 4 is 28.6 Å². The van der Waals surface area contributed by atoms with Crippen molar-refractivity contribution in [3.63, 3.8) is 0 Å². The van der Waals surface area contributed by atoms with Gasteiger partial charge in [0.2, 0.25) is 11.8 Å². The fourth-order valence-electron chi connectivity index (χ4n) is 3.41. The number of ether oxygens (including phenoxy) is 1. The number of anilines is 1. The number of carbonyl (C=O) groups is 2. The molecule has 1 aromatic heterocycles. The molecular weight excluding hydrogens is 358 g/mol. The summed E-state index contributed by atoms with van der Waals surface area (Å²) in [7, 11) is 1.61. The van der Waals surface area contributed by atoms with Crippen molar-refractivity contribution in [3.05, 3.63) is 53.9 Å². The Balaban J connectivity index is 1.40. The lowest BCUT2D eigenvalue weighted by atomic mass is 10.1. The van der Waals surface area contributed by atoms with E-state index in [9.17, 15) is 9.59 Å². The number of methoxy groups -OCH3 is 1. The Labute approximate surface area is 162 Å². The van der Waals surface area contributed by atoms with Crippen LogP contribution in [0.4, 0.5) is 5.69 Å². The number of aryl methyl sites for hydroxylation is 1. The van der Waals surface area contributed by atoms with Crippen LogP contribution in [0.15, 0.2) is 46.9 Å². The number of aromatic nitrogens is 1. The zero-order valence-corrected chi connectivity index (χ0v) is 15.8. The van der Waals surface area contributed by atoms with Gasteiger partial charge in [0.15, 0.2) is 11.5 Å². The summed E-state index contributed by atoms with van der Waals surface area (Å²) in [6, 6.07) is 13.0. The summed E-state index contributed by atoms with van der Waals surface area (Å²) in [6.45, 7) is 2.55. The van der Waals surface area contributed by atoms with Crippen LogP contribution in [0.5, 0.6) is 5.75 Å². The minimum absolute atomic E-state index is 0.0656. The average Bonchev–Trinajstić information content (AvgIpc) is 3.27. The second-order valence-corrected chi connectivity index (χ2v) is 6.86.